The van der Waals surface area contributed by atoms with E-state index in [0.29, 0.717) is 5.41 Å². The lowest BCUT2D eigenvalue weighted by molar-refractivity contribution is 0.137. The number of hydrogen-bond donors (Lipinski definition) is 0. The zero-order valence-corrected chi connectivity index (χ0v) is 7.35. The van der Waals surface area contributed by atoms with Gasteiger partial charge in [-0.1, -0.05) is 20.8 Å². The first-order chi connectivity index (χ1) is 4.62. The lowest BCUT2D eigenvalue weighted by Crippen LogP contribution is -2.28. The van der Waals surface area contributed by atoms with Crippen LogP contribution in [0.5, 0.6) is 0 Å². The SMILES string of the molecule is CC1C2CCC(C2)C1(C)C. The van der Waals surface area contributed by atoms with Crippen molar-refractivity contribution in [3.8, 4) is 0 Å². The molecule has 0 heterocycles. The molecular weight excluding hydrogens is 120 g/mol. The summed E-state index contributed by atoms with van der Waals surface area (Å²) in [5.74, 6) is 3.14. The Labute approximate surface area is 64.0 Å². The van der Waals surface area contributed by atoms with Crippen LogP contribution in [0.25, 0.3) is 0 Å². The van der Waals surface area contributed by atoms with Crippen molar-refractivity contribution in [1.82, 2.24) is 0 Å². The van der Waals surface area contributed by atoms with E-state index in [1.807, 2.05) is 0 Å². The molecule has 0 aromatic heterocycles. The average Bonchev–Trinajstić information content (AvgIpc) is 2.37. The van der Waals surface area contributed by atoms with Crippen molar-refractivity contribution < 1.29 is 0 Å². The second kappa shape index (κ2) is 1.78. The molecule has 2 fully saturated rings. The highest BCUT2D eigenvalue weighted by Gasteiger charge is 2.50. The molecule has 0 amide bonds. The molecule has 10 heavy (non-hydrogen) atoms. The van der Waals surface area contributed by atoms with Gasteiger partial charge in [-0.15, -0.1) is 0 Å². The molecule has 3 atom stereocenters. The van der Waals surface area contributed by atoms with Crippen molar-refractivity contribution >= 4 is 0 Å². The monoisotopic (exact) mass is 138 g/mol. The van der Waals surface area contributed by atoms with Crippen LogP contribution in [0.2, 0.25) is 0 Å². The lowest BCUT2D eigenvalue weighted by atomic mass is 9.70. The zero-order valence-electron chi connectivity index (χ0n) is 7.35. The van der Waals surface area contributed by atoms with Crippen LogP contribution >= 0.6 is 0 Å². The molecule has 0 N–H and O–H groups in total. The van der Waals surface area contributed by atoms with Gasteiger partial charge in [0, 0.05) is 0 Å². The molecule has 2 saturated carbocycles. The van der Waals surface area contributed by atoms with Gasteiger partial charge in [-0.05, 0) is 42.4 Å². The summed E-state index contributed by atoms with van der Waals surface area (Å²) in [7, 11) is 0. The largest absolute Gasteiger partial charge is 0.0617 e. The third kappa shape index (κ3) is 0.627. The maximum Gasteiger partial charge on any atom is -0.0297 e. The predicted molar refractivity (Wildman–Crippen MR) is 43.8 cm³/mol. The molecule has 0 radical (unpaired) electrons. The highest BCUT2D eigenvalue weighted by Crippen LogP contribution is 2.58. The molecule has 3 unspecified atom stereocenters. The second-order valence-corrected chi connectivity index (χ2v) is 4.88. The summed E-state index contributed by atoms with van der Waals surface area (Å²) >= 11 is 0. The van der Waals surface area contributed by atoms with Gasteiger partial charge in [0.2, 0.25) is 0 Å². The minimum absolute atomic E-state index is 0.670. The summed E-state index contributed by atoms with van der Waals surface area (Å²) in [5, 5.41) is 0. The summed E-state index contributed by atoms with van der Waals surface area (Å²) in [5.41, 5.74) is 0.670. The Bertz CT molecular complexity index is 142. The van der Waals surface area contributed by atoms with Crippen molar-refractivity contribution in [2.45, 2.75) is 40.0 Å². The predicted octanol–water partition coefficient (Wildman–Crippen LogP) is 3.08. The van der Waals surface area contributed by atoms with E-state index in [2.05, 4.69) is 20.8 Å². The van der Waals surface area contributed by atoms with E-state index >= 15 is 0 Å². The fraction of sp³-hybridized carbons (Fsp3) is 1.00. The Morgan fingerprint density at radius 2 is 1.90 bits per heavy atom. The smallest absolute Gasteiger partial charge is 0.0297 e. The molecule has 0 heteroatoms. The third-order valence-electron chi connectivity index (χ3n) is 4.41. The van der Waals surface area contributed by atoms with Crippen LogP contribution in [0.4, 0.5) is 0 Å². The standard InChI is InChI=1S/C10H18/c1-7-8-4-5-9(6-8)10(7,2)3/h7-9H,4-6H2,1-3H3. The molecule has 2 rings (SSSR count). The van der Waals surface area contributed by atoms with Gasteiger partial charge in [-0.2, -0.15) is 0 Å². The van der Waals surface area contributed by atoms with Gasteiger partial charge in [0.25, 0.3) is 0 Å². The van der Waals surface area contributed by atoms with Crippen molar-refractivity contribution in [3.63, 3.8) is 0 Å². The van der Waals surface area contributed by atoms with Crippen molar-refractivity contribution in [3.05, 3.63) is 0 Å². The number of fused-ring (bicyclic) bond motifs is 2. The minimum Gasteiger partial charge on any atom is -0.0617 e. The van der Waals surface area contributed by atoms with Gasteiger partial charge in [-0.3, -0.25) is 0 Å². The summed E-state index contributed by atoms with van der Waals surface area (Å²) < 4.78 is 0. The Morgan fingerprint density at radius 1 is 1.20 bits per heavy atom. The van der Waals surface area contributed by atoms with E-state index in [1.54, 1.807) is 0 Å². The van der Waals surface area contributed by atoms with Gasteiger partial charge in [-0.25, -0.2) is 0 Å². The first-order valence-corrected chi connectivity index (χ1v) is 4.62. The second-order valence-electron chi connectivity index (χ2n) is 4.88. The van der Waals surface area contributed by atoms with Gasteiger partial charge >= 0.3 is 0 Å². The van der Waals surface area contributed by atoms with Crippen LogP contribution < -0.4 is 0 Å². The molecule has 0 aromatic rings. The molecule has 2 aliphatic rings. The average molecular weight is 138 g/mol. The summed E-state index contributed by atoms with van der Waals surface area (Å²) in [6.07, 6.45) is 4.57. The fourth-order valence-corrected chi connectivity index (χ4v) is 3.13. The molecule has 0 aliphatic heterocycles. The fourth-order valence-electron chi connectivity index (χ4n) is 3.13. The molecule has 2 bridgehead atoms. The quantitative estimate of drug-likeness (QED) is 0.482. The first-order valence-electron chi connectivity index (χ1n) is 4.62. The van der Waals surface area contributed by atoms with Crippen LogP contribution in [0.3, 0.4) is 0 Å². The van der Waals surface area contributed by atoms with E-state index in [0.717, 1.165) is 17.8 Å². The molecule has 2 aliphatic carbocycles. The van der Waals surface area contributed by atoms with E-state index < -0.39 is 0 Å². The molecule has 58 valence electrons. The van der Waals surface area contributed by atoms with E-state index in [4.69, 9.17) is 0 Å². The Balaban J connectivity index is 2.25. The van der Waals surface area contributed by atoms with Crippen LogP contribution in [-0.2, 0) is 0 Å². The number of hydrogen-bond acceptors (Lipinski definition) is 0. The van der Waals surface area contributed by atoms with Crippen LogP contribution in [-0.4, -0.2) is 0 Å². The number of rotatable bonds is 0. The Morgan fingerprint density at radius 3 is 2.20 bits per heavy atom. The van der Waals surface area contributed by atoms with Crippen LogP contribution in [0.15, 0.2) is 0 Å². The summed E-state index contributed by atoms with van der Waals surface area (Å²) in [6.45, 7) is 7.37. The Kier molecular flexibility index (Phi) is 1.19. The summed E-state index contributed by atoms with van der Waals surface area (Å²) in [6, 6.07) is 0. The molecule has 0 saturated heterocycles. The van der Waals surface area contributed by atoms with Crippen molar-refractivity contribution in [1.29, 1.82) is 0 Å². The van der Waals surface area contributed by atoms with Gasteiger partial charge in [0.1, 0.15) is 0 Å². The molecule has 0 nitrogen and oxygen atoms in total. The zero-order chi connectivity index (χ0) is 7.35. The van der Waals surface area contributed by atoms with Gasteiger partial charge < -0.3 is 0 Å². The van der Waals surface area contributed by atoms with E-state index in [1.165, 1.54) is 19.3 Å². The normalized spacial score (nSPS) is 50.1. The third-order valence-corrected chi connectivity index (χ3v) is 4.41. The minimum atomic E-state index is 0.670. The molecule has 0 spiro atoms. The lowest BCUT2D eigenvalue weighted by Gasteiger charge is -2.35. The maximum atomic E-state index is 2.46. The van der Waals surface area contributed by atoms with E-state index in [9.17, 15) is 0 Å². The molecule has 0 aromatic carbocycles. The Hall–Kier alpha value is 0. The van der Waals surface area contributed by atoms with Crippen LogP contribution in [0.1, 0.15) is 40.0 Å². The van der Waals surface area contributed by atoms with Crippen molar-refractivity contribution in [2.75, 3.05) is 0 Å². The van der Waals surface area contributed by atoms with E-state index in [-0.39, 0.29) is 0 Å². The topological polar surface area (TPSA) is 0 Å². The maximum absolute atomic E-state index is 2.46. The summed E-state index contributed by atoms with van der Waals surface area (Å²) in [4.78, 5) is 0. The van der Waals surface area contributed by atoms with Crippen molar-refractivity contribution in [2.24, 2.45) is 23.2 Å². The molecular formula is C10H18. The van der Waals surface area contributed by atoms with Gasteiger partial charge in [0.05, 0.1) is 0 Å². The van der Waals surface area contributed by atoms with Crippen LogP contribution in [0, 0.1) is 23.2 Å². The highest BCUT2D eigenvalue weighted by atomic mass is 14.5. The first kappa shape index (κ1) is 6.69. The van der Waals surface area contributed by atoms with Gasteiger partial charge in [0.15, 0.2) is 0 Å². The highest BCUT2D eigenvalue weighted by molar-refractivity contribution is 4.99.